The second-order valence-electron chi connectivity index (χ2n) is 3.95. The second-order valence-corrected chi connectivity index (χ2v) is 4.80. The summed E-state index contributed by atoms with van der Waals surface area (Å²) >= 11 is 12.0. The van der Waals surface area contributed by atoms with Gasteiger partial charge in [0.25, 0.3) is 0 Å². The van der Waals surface area contributed by atoms with Crippen LogP contribution in [-0.2, 0) is 0 Å². The molecule has 0 amide bonds. The largest absolute Gasteiger partial charge is 0.255 e. The molecule has 0 fully saturated rings. The second kappa shape index (κ2) is 5.09. The fourth-order valence-electron chi connectivity index (χ4n) is 1.59. The number of pyridine rings is 1. The van der Waals surface area contributed by atoms with Crippen LogP contribution in [0.15, 0.2) is 37.0 Å². The third kappa shape index (κ3) is 2.55. The van der Waals surface area contributed by atoms with Gasteiger partial charge in [-0.3, -0.25) is 4.98 Å². The molecule has 1 aromatic heterocycles. The molecule has 0 aliphatic carbocycles. The molecule has 0 atom stereocenters. The van der Waals surface area contributed by atoms with Gasteiger partial charge in [0.05, 0.1) is 10.7 Å². The van der Waals surface area contributed by atoms with Crippen molar-refractivity contribution < 1.29 is 4.39 Å². The minimum absolute atomic E-state index is 0.331. The van der Waals surface area contributed by atoms with Gasteiger partial charge in [-0.15, -0.1) is 0 Å². The highest BCUT2D eigenvalue weighted by atomic mass is 35.5. The van der Waals surface area contributed by atoms with E-state index in [1.54, 1.807) is 12.3 Å². The lowest BCUT2D eigenvalue weighted by Crippen LogP contribution is -1.91. The molecule has 0 aliphatic rings. The number of hydrogen-bond acceptors (Lipinski definition) is 1. The van der Waals surface area contributed by atoms with E-state index in [0.717, 1.165) is 11.1 Å². The minimum atomic E-state index is -0.383. The molecule has 0 saturated heterocycles. The predicted octanol–water partition coefficient (Wildman–Crippen LogP) is 5.23. The van der Waals surface area contributed by atoms with E-state index in [0.29, 0.717) is 21.3 Å². The molecule has 92 valence electrons. The number of allylic oxidation sites excluding steroid dienone is 1. The Morgan fingerprint density at radius 2 is 2.00 bits per heavy atom. The fourth-order valence-corrected chi connectivity index (χ4v) is 2.07. The Morgan fingerprint density at radius 3 is 2.61 bits per heavy atom. The Bertz CT molecular complexity index is 623. The summed E-state index contributed by atoms with van der Waals surface area (Å²) in [5, 5.41) is 0.945. The Morgan fingerprint density at radius 1 is 1.28 bits per heavy atom. The van der Waals surface area contributed by atoms with E-state index < -0.39 is 0 Å². The molecule has 1 aromatic carbocycles. The number of nitrogens with zero attached hydrogens (tertiary/aromatic N) is 1. The molecular formula is C14H10Cl2FN. The number of rotatable bonds is 2. The summed E-state index contributed by atoms with van der Waals surface area (Å²) in [6, 6.07) is 5.93. The van der Waals surface area contributed by atoms with Gasteiger partial charge in [0.15, 0.2) is 0 Å². The van der Waals surface area contributed by atoms with Gasteiger partial charge in [-0.2, -0.15) is 0 Å². The standard InChI is InChI=1S/C14H10Cl2FN/c1-8(2)11-7-18-14(6-12(11)16)10-5-9(15)3-4-13(10)17/h3-7H,1H2,2H3. The SMILES string of the molecule is C=C(C)c1cnc(-c2cc(Cl)ccc2F)cc1Cl. The lowest BCUT2D eigenvalue weighted by atomic mass is 10.1. The monoisotopic (exact) mass is 281 g/mol. The predicted molar refractivity (Wildman–Crippen MR) is 74.4 cm³/mol. The Hall–Kier alpha value is -1.38. The number of halogens is 3. The van der Waals surface area contributed by atoms with Gasteiger partial charge in [-0.1, -0.05) is 29.8 Å². The lowest BCUT2D eigenvalue weighted by molar-refractivity contribution is 0.631. The molecule has 18 heavy (non-hydrogen) atoms. The lowest BCUT2D eigenvalue weighted by Gasteiger charge is -2.07. The van der Waals surface area contributed by atoms with Crippen molar-refractivity contribution in [1.82, 2.24) is 4.98 Å². The Kier molecular flexibility index (Phi) is 3.69. The molecule has 0 saturated carbocycles. The molecule has 0 aliphatic heterocycles. The van der Waals surface area contributed by atoms with E-state index in [4.69, 9.17) is 23.2 Å². The normalized spacial score (nSPS) is 10.4. The van der Waals surface area contributed by atoms with E-state index in [9.17, 15) is 4.39 Å². The van der Waals surface area contributed by atoms with Crippen molar-refractivity contribution in [2.45, 2.75) is 6.92 Å². The number of aromatic nitrogens is 1. The van der Waals surface area contributed by atoms with Crippen molar-refractivity contribution in [3.63, 3.8) is 0 Å². The molecule has 0 bridgehead atoms. The van der Waals surface area contributed by atoms with Crippen molar-refractivity contribution in [2.75, 3.05) is 0 Å². The molecule has 0 N–H and O–H groups in total. The smallest absolute Gasteiger partial charge is 0.132 e. The highest BCUT2D eigenvalue weighted by Crippen LogP contribution is 2.29. The van der Waals surface area contributed by atoms with Crippen molar-refractivity contribution >= 4 is 28.8 Å². The van der Waals surface area contributed by atoms with Gasteiger partial charge in [-0.25, -0.2) is 4.39 Å². The topological polar surface area (TPSA) is 12.9 Å². The average molecular weight is 282 g/mol. The molecule has 2 aromatic rings. The van der Waals surface area contributed by atoms with Crippen LogP contribution < -0.4 is 0 Å². The number of hydrogen-bond donors (Lipinski definition) is 0. The van der Waals surface area contributed by atoms with Gasteiger partial charge in [0.2, 0.25) is 0 Å². The summed E-state index contributed by atoms with van der Waals surface area (Å²) in [7, 11) is 0. The maximum absolute atomic E-state index is 13.7. The summed E-state index contributed by atoms with van der Waals surface area (Å²) in [6.07, 6.45) is 1.58. The third-order valence-corrected chi connectivity index (χ3v) is 3.07. The summed E-state index contributed by atoms with van der Waals surface area (Å²) < 4.78 is 13.7. The first kappa shape index (κ1) is 13.1. The van der Waals surface area contributed by atoms with Crippen LogP contribution in [0.4, 0.5) is 4.39 Å². The molecule has 0 radical (unpaired) electrons. The first-order valence-corrected chi connectivity index (χ1v) is 6.01. The molecule has 2 rings (SSSR count). The molecule has 4 heteroatoms. The Balaban J connectivity index is 2.55. The summed E-state index contributed by atoms with van der Waals surface area (Å²) in [5.41, 5.74) is 2.34. The van der Waals surface area contributed by atoms with Crippen LogP contribution in [0.5, 0.6) is 0 Å². The van der Waals surface area contributed by atoms with Gasteiger partial charge in [0, 0.05) is 22.3 Å². The van der Waals surface area contributed by atoms with E-state index in [1.165, 1.54) is 18.2 Å². The zero-order valence-electron chi connectivity index (χ0n) is 9.67. The highest BCUT2D eigenvalue weighted by molar-refractivity contribution is 6.32. The first-order chi connectivity index (χ1) is 8.49. The minimum Gasteiger partial charge on any atom is -0.255 e. The molecule has 0 spiro atoms. The van der Waals surface area contributed by atoms with Gasteiger partial charge in [0.1, 0.15) is 5.82 Å². The maximum atomic E-state index is 13.7. The molecular weight excluding hydrogens is 272 g/mol. The van der Waals surface area contributed by atoms with Crippen LogP contribution in [0, 0.1) is 5.82 Å². The molecule has 1 nitrogen and oxygen atoms in total. The molecule has 1 heterocycles. The van der Waals surface area contributed by atoms with E-state index in [1.807, 2.05) is 6.92 Å². The van der Waals surface area contributed by atoms with Crippen molar-refractivity contribution in [2.24, 2.45) is 0 Å². The van der Waals surface area contributed by atoms with Crippen LogP contribution >= 0.6 is 23.2 Å². The van der Waals surface area contributed by atoms with Crippen LogP contribution in [-0.4, -0.2) is 4.98 Å². The van der Waals surface area contributed by atoms with Crippen LogP contribution in [0.2, 0.25) is 10.0 Å². The Labute approximate surface area is 115 Å². The van der Waals surface area contributed by atoms with Crippen LogP contribution in [0.1, 0.15) is 12.5 Å². The highest BCUT2D eigenvalue weighted by Gasteiger charge is 2.10. The average Bonchev–Trinajstić information content (AvgIpc) is 2.31. The van der Waals surface area contributed by atoms with E-state index >= 15 is 0 Å². The van der Waals surface area contributed by atoms with Crippen LogP contribution in [0.25, 0.3) is 16.8 Å². The van der Waals surface area contributed by atoms with Gasteiger partial charge < -0.3 is 0 Å². The number of benzene rings is 1. The van der Waals surface area contributed by atoms with Crippen LogP contribution in [0.3, 0.4) is 0 Å². The van der Waals surface area contributed by atoms with Gasteiger partial charge in [-0.05, 0) is 36.8 Å². The summed E-state index contributed by atoms with van der Waals surface area (Å²) in [6.45, 7) is 5.64. The van der Waals surface area contributed by atoms with E-state index in [2.05, 4.69) is 11.6 Å². The third-order valence-electron chi connectivity index (χ3n) is 2.52. The fraction of sp³-hybridized carbons (Fsp3) is 0.0714. The summed E-state index contributed by atoms with van der Waals surface area (Å²) in [5.74, 6) is -0.383. The van der Waals surface area contributed by atoms with Crippen molar-refractivity contribution in [3.8, 4) is 11.3 Å². The zero-order valence-corrected chi connectivity index (χ0v) is 11.2. The zero-order chi connectivity index (χ0) is 13.3. The van der Waals surface area contributed by atoms with E-state index in [-0.39, 0.29) is 5.82 Å². The van der Waals surface area contributed by atoms with Crippen molar-refractivity contribution in [1.29, 1.82) is 0 Å². The van der Waals surface area contributed by atoms with Gasteiger partial charge >= 0.3 is 0 Å². The van der Waals surface area contributed by atoms with Crippen molar-refractivity contribution in [3.05, 3.63) is 58.5 Å². The molecule has 0 unspecified atom stereocenters. The first-order valence-electron chi connectivity index (χ1n) is 5.26. The maximum Gasteiger partial charge on any atom is 0.132 e. The quantitative estimate of drug-likeness (QED) is 0.735. The summed E-state index contributed by atoms with van der Waals surface area (Å²) in [4.78, 5) is 4.19.